The molecule has 0 radical (unpaired) electrons. The zero-order valence-electron chi connectivity index (χ0n) is 50.2. The van der Waals surface area contributed by atoms with Gasteiger partial charge in [-0.15, -0.1) is 0 Å². The number of unbranched alkanes of at least 4 members (excludes halogenated alkanes) is 26. The molecule has 77 heavy (non-hydrogen) atoms. The van der Waals surface area contributed by atoms with E-state index in [2.05, 4.69) is 142 Å². The second kappa shape index (κ2) is 64.3. The van der Waals surface area contributed by atoms with Crippen LogP contribution in [-0.4, -0.2) is 37.2 Å². The van der Waals surface area contributed by atoms with Gasteiger partial charge in [-0.05, 0) is 116 Å². The number of esters is 3. The summed E-state index contributed by atoms with van der Waals surface area (Å²) in [5.41, 5.74) is 0. The zero-order valence-corrected chi connectivity index (χ0v) is 50.2. The van der Waals surface area contributed by atoms with Crippen LogP contribution >= 0.6 is 0 Å². The lowest BCUT2D eigenvalue weighted by Crippen LogP contribution is -2.30. The number of hydrogen-bond acceptors (Lipinski definition) is 6. The highest BCUT2D eigenvalue weighted by molar-refractivity contribution is 5.71. The van der Waals surface area contributed by atoms with Crippen molar-refractivity contribution < 1.29 is 28.6 Å². The van der Waals surface area contributed by atoms with Crippen LogP contribution in [0.5, 0.6) is 0 Å². The van der Waals surface area contributed by atoms with Gasteiger partial charge in [-0.25, -0.2) is 0 Å². The van der Waals surface area contributed by atoms with Gasteiger partial charge < -0.3 is 14.2 Å². The normalized spacial score (nSPS) is 12.9. The first-order valence-corrected chi connectivity index (χ1v) is 32.0. The molecular formula is C71H118O6. The van der Waals surface area contributed by atoms with Gasteiger partial charge in [0.2, 0.25) is 0 Å². The number of carbonyl (C=O) groups is 3. The third-order valence-corrected chi connectivity index (χ3v) is 13.5. The van der Waals surface area contributed by atoms with Gasteiger partial charge >= 0.3 is 17.9 Å². The molecule has 0 aliphatic heterocycles. The molecule has 0 aromatic rings. The molecule has 0 aromatic carbocycles. The van der Waals surface area contributed by atoms with Crippen LogP contribution in [0.25, 0.3) is 0 Å². The monoisotopic (exact) mass is 1070 g/mol. The maximum absolute atomic E-state index is 12.9. The molecule has 1 unspecified atom stereocenters. The average molecular weight is 1070 g/mol. The summed E-state index contributed by atoms with van der Waals surface area (Å²) in [5, 5.41) is 0. The molecule has 0 spiro atoms. The number of allylic oxidation sites excluding steroid dienone is 20. The minimum absolute atomic E-state index is 0.0913. The fraction of sp³-hybridized carbons (Fsp3) is 0.676. The summed E-state index contributed by atoms with van der Waals surface area (Å²) in [4.78, 5) is 38.2. The Labute approximate surface area is 475 Å². The van der Waals surface area contributed by atoms with E-state index in [0.717, 1.165) is 135 Å². The predicted octanol–water partition coefficient (Wildman–Crippen LogP) is 22.0. The van der Waals surface area contributed by atoms with E-state index in [9.17, 15) is 14.4 Å². The van der Waals surface area contributed by atoms with Gasteiger partial charge in [0.25, 0.3) is 0 Å². The van der Waals surface area contributed by atoms with Crippen LogP contribution in [0.4, 0.5) is 0 Å². The summed E-state index contributed by atoms with van der Waals surface area (Å²) < 4.78 is 16.9. The summed E-state index contributed by atoms with van der Waals surface area (Å²) in [7, 11) is 0. The van der Waals surface area contributed by atoms with E-state index in [-0.39, 0.29) is 31.1 Å². The Morgan fingerprint density at radius 3 is 0.818 bits per heavy atom. The van der Waals surface area contributed by atoms with Crippen molar-refractivity contribution in [3.8, 4) is 0 Å². The van der Waals surface area contributed by atoms with Crippen LogP contribution in [-0.2, 0) is 28.6 Å². The van der Waals surface area contributed by atoms with Crippen LogP contribution < -0.4 is 0 Å². The fourth-order valence-electron chi connectivity index (χ4n) is 8.67. The van der Waals surface area contributed by atoms with Crippen molar-refractivity contribution >= 4 is 17.9 Å². The van der Waals surface area contributed by atoms with Crippen molar-refractivity contribution in [1.82, 2.24) is 0 Å². The highest BCUT2D eigenvalue weighted by atomic mass is 16.6. The third-order valence-electron chi connectivity index (χ3n) is 13.5. The molecule has 0 heterocycles. The van der Waals surface area contributed by atoms with Crippen LogP contribution in [0, 0.1) is 0 Å². The smallest absolute Gasteiger partial charge is 0.306 e. The quantitative estimate of drug-likeness (QED) is 0.0261. The summed E-state index contributed by atoms with van der Waals surface area (Å²) in [5.74, 6) is -0.929. The van der Waals surface area contributed by atoms with Crippen molar-refractivity contribution in [3.05, 3.63) is 122 Å². The van der Waals surface area contributed by atoms with Gasteiger partial charge in [0.05, 0.1) is 0 Å². The minimum atomic E-state index is -0.797. The first kappa shape index (κ1) is 72.8. The SMILES string of the molecule is CC/C=C\C/C=C\C/C=C\C/C=C\C/C=C\C/C=C\C/C=C\C/C=C\C/C=C\CCCCCC(=O)OCC(COC(=O)CCCCCCCCCCCCCCC)OC(=O)CCCCCCC/C=C\CCCCCCCC. The topological polar surface area (TPSA) is 78.9 Å². The van der Waals surface area contributed by atoms with Crippen LogP contribution in [0.15, 0.2) is 122 Å². The Hall–Kier alpha value is -4.19. The summed E-state index contributed by atoms with van der Waals surface area (Å²) in [6.07, 6.45) is 89.2. The Balaban J connectivity index is 4.37. The van der Waals surface area contributed by atoms with Crippen LogP contribution in [0.1, 0.15) is 290 Å². The van der Waals surface area contributed by atoms with Crippen LogP contribution in [0.2, 0.25) is 0 Å². The van der Waals surface area contributed by atoms with Gasteiger partial charge in [0.1, 0.15) is 13.2 Å². The fourth-order valence-corrected chi connectivity index (χ4v) is 8.67. The highest BCUT2D eigenvalue weighted by Gasteiger charge is 2.19. The molecule has 0 amide bonds. The Morgan fingerprint density at radius 2 is 0.506 bits per heavy atom. The van der Waals surface area contributed by atoms with Gasteiger partial charge in [-0.3, -0.25) is 14.4 Å². The lowest BCUT2D eigenvalue weighted by Gasteiger charge is -2.18. The van der Waals surface area contributed by atoms with E-state index in [1.165, 1.54) is 116 Å². The maximum Gasteiger partial charge on any atom is 0.306 e. The van der Waals surface area contributed by atoms with E-state index in [4.69, 9.17) is 14.2 Å². The van der Waals surface area contributed by atoms with E-state index in [1.54, 1.807) is 0 Å². The van der Waals surface area contributed by atoms with Crippen molar-refractivity contribution in [2.75, 3.05) is 13.2 Å². The lowest BCUT2D eigenvalue weighted by atomic mass is 10.0. The Morgan fingerprint density at radius 1 is 0.273 bits per heavy atom. The third kappa shape index (κ3) is 62.5. The second-order valence-corrected chi connectivity index (χ2v) is 20.9. The highest BCUT2D eigenvalue weighted by Crippen LogP contribution is 2.15. The Bertz CT molecular complexity index is 1600. The van der Waals surface area contributed by atoms with Gasteiger partial charge in [-0.2, -0.15) is 0 Å². The predicted molar refractivity (Wildman–Crippen MR) is 334 cm³/mol. The average Bonchev–Trinajstić information content (AvgIpc) is 3.43. The first-order chi connectivity index (χ1) is 38.0. The van der Waals surface area contributed by atoms with E-state index < -0.39 is 6.10 Å². The molecule has 0 aliphatic carbocycles. The number of ether oxygens (including phenoxy) is 3. The van der Waals surface area contributed by atoms with Crippen molar-refractivity contribution in [2.45, 2.75) is 297 Å². The van der Waals surface area contributed by atoms with Crippen molar-refractivity contribution in [3.63, 3.8) is 0 Å². The molecule has 0 saturated heterocycles. The molecular weight excluding hydrogens is 949 g/mol. The molecule has 0 N–H and O–H groups in total. The molecule has 438 valence electrons. The minimum Gasteiger partial charge on any atom is -0.462 e. The zero-order chi connectivity index (χ0) is 55.7. The molecule has 0 aromatic heterocycles. The first-order valence-electron chi connectivity index (χ1n) is 32.0. The summed E-state index contributed by atoms with van der Waals surface area (Å²) in [6, 6.07) is 0. The molecule has 0 bridgehead atoms. The largest absolute Gasteiger partial charge is 0.462 e. The molecule has 6 nitrogen and oxygen atoms in total. The van der Waals surface area contributed by atoms with E-state index in [1.807, 2.05) is 0 Å². The molecule has 6 heteroatoms. The lowest BCUT2D eigenvalue weighted by molar-refractivity contribution is -0.167. The Kier molecular flexibility index (Phi) is 60.8. The maximum atomic E-state index is 12.9. The molecule has 0 saturated carbocycles. The summed E-state index contributed by atoms with van der Waals surface area (Å²) >= 11 is 0. The molecule has 1 atom stereocenters. The summed E-state index contributed by atoms with van der Waals surface area (Å²) in [6.45, 7) is 6.50. The van der Waals surface area contributed by atoms with Crippen LogP contribution in [0.3, 0.4) is 0 Å². The van der Waals surface area contributed by atoms with Gasteiger partial charge in [0, 0.05) is 19.3 Å². The van der Waals surface area contributed by atoms with Gasteiger partial charge in [-0.1, -0.05) is 277 Å². The van der Waals surface area contributed by atoms with Gasteiger partial charge in [0.15, 0.2) is 6.10 Å². The molecule has 0 fully saturated rings. The second-order valence-electron chi connectivity index (χ2n) is 20.9. The molecule has 0 aliphatic rings. The number of hydrogen-bond donors (Lipinski definition) is 0. The van der Waals surface area contributed by atoms with Crippen molar-refractivity contribution in [2.24, 2.45) is 0 Å². The number of rotatable bonds is 57. The standard InChI is InChI=1S/C71H118O6/c1-4-7-10-13-16-19-22-25-27-28-29-30-31-32-33-34-35-36-37-38-39-40-41-42-44-46-49-52-55-58-61-64-70(73)76-67-68(66-75-69(72)63-60-57-54-51-48-45-24-21-18-15-12-9-6-3)77-71(74)65-62-59-56-53-50-47-43-26-23-20-17-14-11-8-5-2/h7,10,16,19,25-27,29-30,32-33,35-36,38-39,41-43,46,49,68H,4-6,8-9,11-15,17-18,20-24,28,31,34,37,40,44-45,47-48,50-67H2,1-3H3/b10-7-,19-16-,27-25-,30-29-,33-32-,36-35-,39-38-,42-41-,43-26-,49-46-. The van der Waals surface area contributed by atoms with E-state index >= 15 is 0 Å². The molecule has 0 rings (SSSR count). The number of carbonyl (C=O) groups excluding carboxylic acids is 3. The van der Waals surface area contributed by atoms with E-state index in [0.29, 0.717) is 19.3 Å². The van der Waals surface area contributed by atoms with Crippen molar-refractivity contribution in [1.29, 1.82) is 0 Å².